The molecule has 108 valence electrons. The van der Waals surface area contributed by atoms with E-state index in [2.05, 4.69) is 42.2 Å². The number of rotatable bonds is 1. The van der Waals surface area contributed by atoms with Gasteiger partial charge in [0.05, 0.1) is 5.56 Å². The Hall–Kier alpha value is -1.67. The molecule has 2 N–H and O–H groups in total. The van der Waals surface area contributed by atoms with Crippen molar-refractivity contribution in [2.45, 2.75) is 0 Å². The van der Waals surface area contributed by atoms with Crippen LogP contribution in [0.1, 0.15) is 10.4 Å². The first-order valence-corrected chi connectivity index (χ1v) is 7.62. The highest BCUT2D eigenvalue weighted by molar-refractivity contribution is 9.13. The minimum atomic E-state index is -0.469. The van der Waals surface area contributed by atoms with Crippen LogP contribution in [0.2, 0.25) is 0 Å². The Kier molecular flexibility index (Phi) is 3.58. The predicted molar refractivity (Wildman–Crippen MR) is 82.8 cm³/mol. The number of aromatic amines is 1. The molecule has 3 rings (SSSR count). The molecular formula is C13H9Br2N3O3. The molecule has 0 bridgehead atoms. The molecule has 0 unspecified atom stereocenters. The van der Waals surface area contributed by atoms with E-state index < -0.39 is 11.8 Å². The number of aromatic nitrogens is 1. The number of nitrogens with one attached hydrogen (secondary N) is 2. The quantitative estimate of drug-likeness (QED) is 0.698. The summed E-state index contributed by atoms with van der Waals surface area (Å²) in [7, 11) is 0. The smallest absolute Gasteiger partial charge is 0.256 e. The summed E-state index contributed by atoms with van der Waals surface area (Å²) in [6, 6.07) is 3.67. The SMILES string of the molecule is O=C1CN(C(=O)c2c[nH]c3cc(Br)c(Br)cc23)CC(=O)N1. The lowest BCUT2D eigenvalue weighted by Gasteiger charge is -2.25. The summed E-state index contributed by atoms with van der Waals surface area (Å²) >= 11 is 6.79. The largest absolute Gasteiger partial charge is 0.360 e. The number of fused-ring (bicyclic) bond motifs is 1. The number of imide groups is 1. The van der Waals surface area contributed by atoms with Crippen molar-refractivity contribution in [3.8, 4) is 0 Å². The Balaban J connectivity index is 2.00. The van der Waals surface area contributed by atoms with Gasteiger partial charge in [0.2, 0.25) is 11.8 Å². The van der Waals surface area contributed by atoms with Gasteiger partial charge < -0.3 is 9.88 Å². The monoisotopic (exact) mass is 413 g/mol. The third kappa shape index (κ3) is 2.60. The first-order valence-electron chi connectivity index (χ1n) is 6.04. The molecule has 6 nitrogen and oxygen atoms in total. The average Bonchev–Trinajstić information content (AvgIpc) is 2.80. The van der Waals surface area contributed by atoms with Crippen LogP contribution in [0.3, 0.4) is 0 Å². The molecule has 8 heteroatoms. The second kappa shape index (κ2) is 5.27. The highest BCUT2D eigenvalue weighted by Crippen LogP contribution is 2.30. The fourth-order valence-corrected chi connectivity index (χ4v) is 2.93. The van der Waals surface area contributed by atoms with Crippen molar-refractivity contribution in [2.24, 2.45) is 0 Å². The molecule has 21 heavy (non-hydrogen) atoms. The van der Waals surface area contributed by atoms with Gasteiger partial charge in [-0.2, -0.15) is 0 Å². The molecule has 2 heterocycles. The molecule has 1 aromatic carbocycles. The van der Waals surface area contributed by atoms with Crippen molar-refractivity contribution in [2.75, 3.05) is 13.1 Å². The van der Waals surface area contributed by atoms with Gasteiger partial charge in [0.15, 0.2) is 0 Å². The summed E-state index contributed by atoms with van der Waals surface area (Å²) < 4.78 is 1.68. The molecule has 0 saturated carbocycles. The van der Waals surface area contributed by atoms with Crippen LogP contribution in [0.4, 0.5) is 0 Å². The van der Waals surface area contributed by atoms with Gasteiger partial charge in [-0.05, 0) is 44.0 Å². The van der Waals surface area contributed by atoms with Crippen LogP contribution in [0.5, 0.6) is 0 Å². The average molecular weight is 415 g/mol. The number of carbonyl (C=O) groups is 3. The fraction of sp³-hybridized carbons (Fsp3) is 0.154. The van der Waals surface area contributed by atoms with Crippen LogP contribution >= 0.6 is 31.9 Å². The van der Waals surface area contributed by atoms with E-state index in [0.717, 1.165) is 19.8 Å². The number of piperazine rings is 1. The minimum absolute atomic E-state index is 0.116. The lowest BCUT2D eigenvalue weighted by atomic mass is 10.1. The van der Waals surface area contributed by atoms with Crippen LogP contribution in [-0.4, -0.2) is 40.7 Å². The molecule has 3 amide bonds. The molecule has 1 fully saturated rings. The van der Waals surface area contributed by atoms with Crippen molar-refractivity contribution in [3.05, 3.63) is 32.8 Å². The molecule has 2 aromatic rings. The van der Waals surface area contributed by atoms with Gasteiger partial charge in [-0.3, -0.25) is 19.7 Å². The topological polar surface area (TPSA) is 82.3 Å². The van der Waals surface area contributed by atoms with Crippen molar-refractivity contribution in [1.82, 2.24) is 15.2 Å². The summed E-state index contributed by atoms with van der Waals surface area (Å²) in [4.78, 5) is 39.5. The van der Waals surface area contributed by atoms with E-state index in [4.69, 9.17) is 0 Å². The zero-order chi connectivity index (χ0) is 15.1. The van der Waals surface area contributed by atoms with E-state index in [-0.39, 0.29) is 19.0 Å². The Labute approximate surface area is 136 Å². The van der Waals surface area contributed by atoms with E-state index in [0.29, 0.717) is 5.56 Å². The maximum atomic E-state index is 12.5. The second-order valence-corrected chi connectivity index (χ2v) is 6.36. The third-order valence-electron chi connectivity index (χ3n) is 3.19. The van der Waals surface area contributed by atoms with Gasteiger partial charge in [0.1, 0.15) is 13.1 Å². The number of hydrogen-bond donors (Lipinski definition) is 2. The highest BCUT2D eigenvalue weighted by atomic mass is 79.9. The normalized spacial score (nSPS) is 15.4. The lowest BCUT2D eigenvalue weighted by molar-refractivity contribution is -0.135. The molecule has 0 spiro atoms. The summed E-state index contributed by atoms with van der Waals surface area (Å²) in [5.41, 5.74) is 1.22. The van der Waals surface area contributed by atoms with Gasteiger partial charge in [-0.1, -0.05) is 0 Å². The summed E-state index contributed by atoms with van der Waals surface area (Å²) in [6.45, 7) is -0.232. The van der Waals surface area contributed by atoms with E-state index in [1.54, 1.807) is 6.20 Å². The van der Waals surface area contributed by atoms with Crippen molar-refractivity contribution >= 4 is 60.5 Å². The summed E-state index contributed by atoms with van der Waals surface area (Å²) in [5.74, 6) is -1.29. The molecular weight excluding hydrogens is 406 g/mol. The van der Waals surface area contributed by atoms with E-state index in [1.807, 2.05) is 12.1 Å². The first-order chi connectivity index (χ1) is 9.95. The molecule has 0 aliphatic carbocycles. The zero-order valence-electron chi connectivity index (χ0n) is 10.6. The molecule has 1 aliphatic heterocycles. The van der Waals surface area contributed by atoms with E-state index in [1.165, 1.54) is 4.90 Å². The number of carbonyl (C=O) groups excluding carboxylic acids is 3. The lowest BCUT2D eigenvalue weighted by Crippen LogP contribution is -2.53. The Morgan fingerprint density at radius 1 is 1.10 bits per heavy atom. The maximum absolute atomic E-state index is 12.5. The van der Waals surface area contributed by atoms with Gasteiger partial charge in [-0.25, -0.2) is 0 Å². The Bertz CT molecular complexity index is 768. The Morgan fingerprint density at radius 2 is 1.71 bits per heavy atom. The zero-order valence-corrected chi connectivity index (χ0v) is 13.7. The van der Waals surface area contributed by atoms with Crippen LogP contribution < -0.4 is 5.32 Å². The van der Waals surface area contributed by atoms with Crippen LogP contribution in [-0.2, 0) is 9.59 Å². The number of halogens is 2. The summed E-state index contributed by atoms with van der Waals surface area (Å²) in [5, 5.41) is 2.90. The summed E-state index contributed by atoms with van der Waals surface area (Å²) in [6.07, 6.45) is 1.59. The van der Waals surface area contributed by atoms with Gasteiger partial charge in [0, 0.05) is 26.0 Å². The van der Waals surface area contributed by atoms with Crippen molar-refractivity contribution in [3.63, 3.8) is 0 Å². The third-order valence-corrected chi connectivity index (χ3v) is 5.03. The predicted octanol–water partition coefficient (Wildman–Crippen LogP) is 1.79. The highest BCUT2D eigenvalue weighted by Gasteiger charge is 2.28. The van der Waals surface area contributed by atoms with E-state index >= 15 is 0 Å². The Morgan fingerprint density at radius 3 is 2.38 bits per heavy atom. The maximum Gasteiger partial charge on any atom is 0.256 e. The number of amides is 3. The standard InChI is InChI=1S/C13H9Br2N3O3/c14-8-1-6-7(3-16-10(6)2-9(8)15)13(21)18-4-11(19)17-12(20)5-18/h1-3,16H,4-5H2,(H,17,19,20). The van der Waals surface area contributed by atoms with Crippen molar-refractivity contribution in [1.29, 1.82) is 0 Å². The second-order valence-electron chi connectivity index (χ2n) is 4.65. The van der Waals surface area contributed by atoms with Gasteiger partial charge in [-0.15, -0.1) is 0 Å². The van der Waals surface area contributed by atoms with Crippen LogP contribution in [0.15, 0.2) is 27.3 Å². The fourth-order valence-electron chi connectivity index (χ4n) is 2.24. The molecule has 0 atom stereocenters. The molecule has 0 radical (unpaired) electrons. The van der Waals surface area contributed by atoms with E-state index in [9.17, 15) is 14.4 Å². The van der Waals surface area contributed by atoms with Gasteiger partial charge >= 0.3 is 0 Å². The molecule has 1 aliphatic rings. The minimum Gasteiger partial charge on any atom is -0.360 e. The number of H-pyrrole nitrogens is 1. The van der Waals surface area contributed by atoms with Gasteiger partial charge in [0.25, 0.3) is 5.91 Å². The number of nitrogens with zero attached hydrogens (tertiary/aromatic N) is 1. The number of benzene rings is 1. The van der Waals surface area contributed by atoms with Crippen LogP contribution in [0, 0.1) is 0 Å². The first kappa shape index (κ1) is 14.3. The number of hydrogen-bond acceptors (Lipinski definition) is 3. The molecule has 1 saturated heterocycles. The van der Waals surface area contributed by atoms with Crippen molar-refractivity contribution < 1.29 is 14.4 Å². The van der Waals surface area contributed by atoms with Crippen LogP contribution in [0.25, 0.3) is 10.9 Å². The molecule has 1 aromatic heterocycles.